The molecule has 0 radical (unpaired) electrons. The van der Waals surface area contributed by atoms with Gasteiger partial charge in [0.1, 0.15) is 5.82 Å². The van der Waals surface area contributed by atoms with E-state index in [-0.39, 0.29) is 42.3 Å². The zero-order chi connectivity index (χ0) is 30.1. The van der Waals surface area contributed by atoms with Crippen molar-refractivity contribution in [3.05, 3.63) is 106 Å². The third-order valence-corrected chi connectivity index (χ3v) is 8.84. The van der Waals surface area contributed by atoms with Crippen molar-refractivity contribution in [3.8, 4) is 5.75 Å². The Morgan fingerprint density at radius 1 is 1.05 bits per heavy atom. The Balaban J connectivity index is 1.27. The molecule has 2 heterocycles. The van der Waals surface area contributed by atoms with Crippen LogP contribution in [0.3, 0.4) is 0 Å². The summed E-state index contributed by atoms with van der Waals surface area (Å²) in [5.74, 6) is -1.28. The molecule has 2 atom stereocenters. The van der Waals surface area contributed by atoms with Gasteiger partial charge in [0, 0.05) is 61.7 Å². The Bertz CT molecular complexity index is 1560. The average molecular weight is 606 g/mol. The normalized spacial score (nSPS) is 19.8. The minimum Gasteiger partial charge on any atom is -0.490 e. The van der Waals surface area contributed by atoms with E-state index in [4.69, 9.17) is 16.3 Å². The molecule has 0 spiro atoms. The molecule has 2 bridgehead atoms. The molecular formula is C34H34ClF2N3O3. The van der Waals surface area contributed by atoms with Crippen LogP contribution in [0.2, 0.25) is 5.02 Å². The predicted molar refractivity (Wildman–Crippen MR) is 162 cm³/mol. The SMILES string of the molecule is CC(=O)N1CC2CC(c3ccc(CCOc4cc(F)ccc4F)cc3)=C(C(=O)N(Cc3ccccc3Cl)C3CC3)C(C1)N2. The fraction of sp³-hybridized carbons (Fsp3) is 0.353. The maximum absolute atomic E-state index is 14.5. The van der Waals surface area contributed by atoms with Crippen molar-refractivity contribution in [2.45, 2.75) is 57.3 Å². The number of hydrogen-bond acceptors (Lipinski definition) is 4. The van der Waals surface area contributed by atoms with Gasteiger partial charge < -0.3 is 19.9 Å². The zero-order valence-electron chi connectivity index (χ0n) is 24.0. The van der Waals surface area contributed by atoms with Gasteiger partial charge in [0.15, 0.2) is 11.6 Å². The number of fused-ring (bicyclic) bond motifs is 2. The van der Waals surface area contributed by atoms with E-state index < -0.39 is 11.6 Å². The molecule has 3 aliphatic rings. The Morgan fingerprint density at radius 2 is 1.81 bits per heavy atom. The third-order valence-electron chi connectivity index (χ3n) is 8.47. The second-order valence-corrected chi connectivity index (χ2v) is 12.0. The van der Waals surface area contributed by atoms with E-state index in [9.17, 15) is 18.4 Å². The summed E-state index contributed by atoms with van der Waals surface area (Å²) in [4.78, 5) is 30.6. The van der Waals surface area contributed by atoms with Gasteiger partial charge >= 0.3 is 0 Å². The van der Waals surface area contributed by atoms with Crippen molar-refractivity contribution >= 4 is 29.0 Å². The molecule has 2 aliphatic heterocycles. The summed E-state index contributed by atoms with van der Waals surface area (Å²) in [6, 6.07) is 18.7. The first kappa shape index (κ1) is 29.3. The van der Waals surface area contributed by atoms with Crippen LogP contribution < -0.4 is 10.1 Å². The molecule has 6 nitrogen and oxygen atoms in total. The second kappa shape index (κ2) is 12.5. The van der Waals surface area contributed by atoms with Gasteiger partial charge in [-0.15, -0.1) is 0 Å². The molecule has 1 saturated heterocycles. The van der Waals surface area contributed by atoms with Crippen molar-refractivity contribution in [2.24, 2.45) is 0 Å². The minimum atomic E-state index is -0.601. The van der Waals surface area contributed by atoms with Gasteiger partial charge in [0.2, 0.25) is 5.91 Å². The zero-order valence-corrected chi connectivity index (χ0v) is 24.7. The highest BCUT2D eigenvalue weighted by molar-refractivity contribution is 6.31. The summed E-state index contributed by atoms with van der Waals surface area (Å²) in [5, 5.41) is 4.26. The third kappa shape index (κ3) is 6.60. The number of halogens is 3. The number of carbonyl (C=O) groups excluding carboxylic acids is 2. The summed E-state index contributed by atoms with van der Waals surface area (Å²) in [6.45, 7) is 3.23. The van der Waals surface area contributed by atoms with Crippen LogP contribution in [0.15, 0.2) is 72.3 Å². The number of benzene rings is 3. The van der Waals surface area contributed by atoms with Crippen molar-refractivity contribution in [1.82, 2.24) is 15.1 Å². The molecular weight excluding hydrogens is 572 g/mol. The lowest BCUT2D eigenvalue weighted by Gasteiger charge is -2.44. The van der Waals surface area contributed by atoms with Gasteiger partial charge in [-0.2, -0.15) is 0 Å². The number of carbonyl (C=O) groups is 2. The Hall–Kier alpha value is -3.75. The van der Waals surface area contributed by atoms with E-state index in [0.717, 1.165) is 53.3 Å². The van der Waals surface area contributed by atoms with E-state index >= 15 is 0 Å². The Morgan fingerprint density at radius 3 is 2.53 bits per heavy atom. The Labute approximate surface area is 255 Å². The smallest absolute Gasteiger partial charge is 0.252 e. The molecule has 224 valence electrons. The van der Waals surface area contributed by atoms with Gasteiger partial charge in [-0.05, 0) is 59.7 Å². The molecule has 1 saturated carbocycles. The molecule has 9 heteroatoms. The predicted octanol–water partition coefficient (Wildman–Crippen LogP) is 5.78. The molecule has 3 aromatic rings. The van der Waals surface area contributed by atoms with E-state index in [1.165, 1.54) is 0 Å². The number of amides is 2. The van der Waals surface area contributed by atoms with Crippen molar-refractivity contribution in [2.75, 3.05) is 19.7 Å². The Kier molecular flexibility index (Phi) is 8.50. The quantitative estimate of drug-likeness (QED) is 0.336. The van der Waals surface area contributed by atoms with Gasteiger partial charge in [-0.3, -0.25) is 9.59 Å². The van der Waals surface area contributed by atoms with Crippen molar-refractivity contribution in [1.29, 1.82) is 0 Å². The van der Waals surface area contributed by atoms with E-state index in [1.807, 2.05) is 58.3 Å². The lowest BCUT2D eigenvalue weighted by molar-refractivity contribution is -0.132. The number of nitrogens with one attached hydrogen (secondary N) is 1. The lowest BCUT2D eigenvalue weighted by atomic mass is 9.82. The largest absolute Gasteiger partial charge is 0.490 e. The van der Waals surface area contributed by atoms with Crippen LogP contribution in [0.1, 0.15) is 42.9 Å². The van der Waals surface area contributed by atoms with E-state index in [0.29, 0.717) is 43.1 Å². The number of nitrogens with zero attached hydrogens (tertiary/aromatic N) is 2. The maximum atomic E-state index is 14.5. The number of piperazine rings is 1. The number of rotatable bonds is 9. The number of hydrogen-bond donors (Lipinski definition) is 1. The first-order chi connectivity index (χ1) is 20.8. The highest BCUT2D eigenvalue weighted by Gasteiger charge is 2.43. The highest BCUT2D eigenvalue weighted by atomic mass is 35.5. The molecule has 1 N–H and O–H groups in total. The van der Waals surface area contributed by atoms with Crippen LogP contribution in [0.5, 0.6) is 5.75 Å². The molecule has 3 aromatic carbocycles. The maximum Gasteiger partial charge on any atom is 0.252 e. The van der Waals surface area contributed by atoms with Crippen LogP contribution in [0.4, 0.5) is 8.78 Å². The lowest BCUT2D eigenvalue weighted by Crippen LogP contribution is -2.61. The van der Waals surface area contributed by atoms with Crippen LogP contribution in [0.25, 0.3) is 5.57 Å². The van der Waals surface area contributed by atoms with Crippen LogP contribution in [0, 0.1) is 11.6 Å². The average Bonchev–Trinajstić information content (AvgIpc) is 3.83. The molecule has 43 heavy (non-hydrogen) atoms. The highest BCUT2D eigenvalue weighted by Crippen LogP contribution is 2.38. The standard InChI is InChI=1S/C34H34ClF2N3O3/c1-21(41)39-19-26-17-28(23-8-6-22(7-9-23)14-15-43-32-16-25(36)10-13-30(32)37)33(31(20-39)38-26)34(42)40(27-11-12-27)18-24-4-2-3-5-29(24)35/h2-10,13,16,26-27,31,38H,11-12,14-15,17-20H2,1H3. The van der Waals surface area contributed by atoms with Crippen LogP contribution in [-0.4, -0.2) is 59.4 Å². The van der Waals surface area contributed by atoms with Gasteiger partial charge in [-0.1, -0.05) is 54.1 Å². The van der Waals surface area contributed by atoms with Crippen LogP contribution in [-0.2, 0) is 22.6 Å². The topological polar surface area (TPSA) is 61.9 Å². The van der Waals surface area contributed by atoms with Crippen molar-refractivity contribution in [3.63, 3.8) is 0 Å². The summed E-state index contributed by atoms with van der Waals surface area (Å²) in [7, 11) is 0. The summed E-state index contributed by atoms with van der Waals surface area (Å²) < 4.78 is 32.9. The number of ether oxygens (including phenoxy) is 1. The summed E-state index contributed by atoms with van der Waals surface area (Å²) >= 11 is 6.50. The fourth-order valence-electron chi connectivity index (χ4n) is 6.08. The van der Waals surface area contributed by atoms with E-state index in [2.05, 4.69) is 5.32 Å². The minimum absolute atomic E-state index is 0.00607. The molecule has 6 rings (SSSR count). The first-order valence-electron chi connectivity index (χ1n) is 14.7. The first-order valence-corrected chi connectivity index (χ1v) is 15.1. The summed E-state index contributed by atoms with van der Waals surface area (Å²) in [6.07, 6.45) is 3.03. The fourth-order valence-corrected chi connectivity index (χ4v) is 6.28. The van der Waals surface area contributed by atoms with E-state index in [1.54, 1.807) is 6.92 Å². The molecule has 2 unspecified atom stereocenters. The molecule has 2 fully saturated rings. The monoisotopic (exact) mass is 605 g/mol. The summed E-state index contributed by atoms with van der Waals surface area (Å²) in [5.41, 5.74) is 4.55. The van der Waals surface area contributed by atoms with Gasteiger partial charge in [0.25, 0.3) is 5.91 Å². The molecule has 2 amide bonds. The van der Waals surface area contributed by atoms with Gasteiger partial charge in [-0.25, -0.2) is 8.78 Å². The molecule has 1 aliphatic carbocycles. The molecule has 0 aromatic heterocycles. The second-order valence-electron chi connectivity index (χ2n) is 11.6. The van der Waals surface area contributed by atoms with Crippen molar-refractivity contribution < 1.29 is 23.1 Å². The van der Waals surface area contributed by atoms with Crippen LogP contribution >= 0.6 is 11.6 Å². The van der Waals surface area contributed by atoms with Gasteiger partial charge in [0.05, 0.1) is 12.6 Å².